The molecule has 7 nitrogen and oxygen atoms in total. The van der Waals surface area contributed by atoms with E-state index in [-0.39, 0.29) is 17.1 Å². The molecule has 3 aromatic rings. The maximum absolute atomic E-state index is 13.6. The zero-order chi connectivity index (χ0) is 20.2. The molecule has 1 amide bonds. The summed E-state index contributed by atoms with van der Waals surface area (Å²) in [4.78, 5) is 28.2. The lowest BCUT2D eigenvalue weighted by atomic mass is 10.1. The van der Waals surface area contributed by atoms with Crippen molar-refractivity contribution in [2.45, 2.75) is 39.2 Å². The van der Waals surface area contributed by atoms with Crippen molar-refractivity contribution in [3.63, 3.8) is 0 Å². The van der Waals surface area contributed by atoms with Crippen LogP contribution in [-0.4, -0.2) is 33.4 Å². The highest BCUT2D eigenvalue weighted by molar-refractivity contribution is 14.1. The summed E-state index contributed by atoms with van der Waals surface area (Å²) in [5, 5.41) is 0.584. The molecule has 146 valence electrons. The number of halogens is 2. The lowest BCUT2D eigenvalue weighted by Gasteiger charge is -2.26. The second-order valence-corrected chi connectivity index (χ2v) is 8.25. The van der Waals surface area contributed by atoms with Gasteiger partial charge in [-0.05, 0) is 45.7 Å². The van der Waals surface area contributed by atoms with Gasteiger partial charge in [0.15, 0.2) is 0 Å². The molecule has 0 saturated heterocycles. The summed E-state index contributed by atoms with van der Waals surface area (Å²) in [6, 6.07) is 2.77. The summed E-state index contributed by atoms with van der Waals surface area (Å²) in [7, 11) is 1.97. The molecule has 9 heteroatoms. The Kier molecular flexibility index (Phi) is 4.52. The molecule has 0 N–H and O–H groups in total. The van der Waals surface area contributed by atoms with Crippen LogP contribution in [0.4, 0.5) is 16.0 Å². The third-order valence-electron chi connectivity index (χ3n) is 5.35. The van der Waals surface area contributed by atoms with Crippen LogP contribution in [0.3, 0.4) is 0 Å². The van der Waals surface area contributed by atoms with Gasteiger partial charge < -0.3 is 9.32 Å². The molecule has 1 saturated carbocycles. The average Bonchev–Trinajstić information content (AvgIpc) is 3.33. The number of rotatable bonds is 4. The predicted molar refractivity (Wildman–Crippen MR) is 112 cm³/mol. The van der Waals surface area contributed by atoms with Crippen molar-refractivity contribution in [2.75, 3.05) is 15.1 Å². The molecule has 1 fully saturated rings. The molecular formula is C19H19FIN5O2. The van der Waals surface area contributed by atoms with Gasteiger partial charge in [0.1, 0.15) is 29.5 Å². The van der Waals surface area contributed by atoms with Crippen LogP contribution >= 0.6 is 22.9 Å². The molecule has 0 unspecified atom stereocenters. The molecule has 3 heterocycles. The summed E-state index contributed by atoms with van der Waals surface area (Å²) >= 11 is 1.87. The first kappa shape index (κ1) is 19.0. The van der Waals surface area contributed by atoms with Crippen LogP contribution in [0.25, 0.3) is 11.1 Å². The third kappa shape index (κ3) is 3.01. The highest BCUT2D eigenvalue weighted by atomic mass is 127. The van der Waals surface area contributed by atoms with E-state index in [1.807, 2.05) is 29.9 Å². The van der Waals surface area contributed by atoms with Crippen molar-refractivity contribution < 1.29 is 13.6 Å². The number of pyridine rings is 1. The molecule has 1 aliphatic rings. The molecule has 0 spiro atoms. The van der Waals surface area contributed by atoms with Crippen LogP contribution in [0.2, 0.25) is 0 Å². The maximum Gasteiger partial charge on any atom is 0.272 e. The Hall–Kier alpha value is -2.30. The fourth-order valence-corrected chi connectivity index (χ4v) is 3.66. The van der Waals surface area contributed by atoms with Crippen LogP contribution in [0, 0.1) is 19.7 Å². The van der Waals surface area contributed by atoms with E-state index in [1.54, 1.807) is 13.8 Å². The molecule has 0 aromatic carbocycles. The van der Waals surface area contributed by atoms with Gasteiger partial charge in [-0.3, -0.25) is 4.79 Å². The van der Waals surface area contributed by atoms with Crippen molar-refractivity contribution in [3.05, 3.63) is 41.3 Å². The van der Waals surface area contributed by atoms with Gasteiger partial charge in [0, 0.05) is 12.6 Å². The Morgan fingerprint density at radius 1 is 1.29 bits per heavy atom. The predicted octanol–water partition coefficient (Wildman–Crippen LogP) is 4.36. The van der Waals surface area contributed by atoms with E-state index in [4.69, 9.17) is 4.42 Å². The van der Waals surface area contributed by atoms with Crippen molar-refractivity contribution >= 4 is 51.5 Å². The highest BCUT2D eigenvalue weighted by Crippen LogP contribution is 2.44. The Bertz CT molecular complexity index is 1100. The Morgan fingerprint density at radius 2 is 2.00 bits per heavy atom. The van der Waals surface area contributed by atoms with E-state index in [2.05, 4.69) is 26.8 Å². The number of carbonyl (C=O) groups excluding carboxylic acids is 1. The van der Waals surface area contributed by atoms with E-state index >= 15 is 0 Å². The van der Waals surface area contributed by atoms with Crippen LogP contribution < -0.4 is 8.01 Å². The number of hydrogen-bond donors (Lipinski definition) is 0. The Balaban J connectivity index is 1.82. The van der Waals surface area contributed by atoms with Crippen LogP contribution in [-0.2, 0) is 0 Å². The minimum absolute atomic E-state index is 0.0203. The topological polar surface area (TPSA) is 75.4 Å². The van der Waals surface area contributed by atoms with Crippen molar-refractivity contribution in [1.82, 2.24) is 15.0 Å². The van der Waals surface area contributed by atoms with Gasteiger partial charge in [-0.2, -0.15) is 0 Å². The summed E-state index contributed by atoms with van der Waals surface area (Å²) in [5.74, 6) is 0.732. The number of fused-ring (bicyclic) bond motifs is 1. The molecule has 0 bridgehead atoms. The van der Waals surface area contributed by atoms with Gasteiger partial charge in [-0.15, -0.1) is 0 Å². The lowest BCUT2D eigenvalue weighted by Crippen LogP contribution is -2.32. The molecular weight excluding hydrogens is 476 g/mol. The van der Waals surface area contributed by atoms with E-state index in [9.17, 15) is 9.18 Å². The quantitative estimate of drug-likeness (QED) is 0.396. The minimum Gasteiger partial charge on any atom is -0.442 e. The summed E-state index contributed by atoms with van der Waals surface area (Å²) in [6.07, 6.45) is 3.57. The van der Waals surface area contributed by atoms with Crippen molar-refractivity contribution in [1.29, 1.82) is 0 Å². The average molecular weight is 495 g/mol. The first-order valence-electron chi connectivity index (χ1n) is 8.84. The lowest BCUT2D eigenvalue weighted by molar-refractivity contribution is 0.101. The van der Waals surface area contributed by atoms with E-state index < -0.39 is 5.82 Å². The van der Waals surface area contributed by atoms with Crippen LogP contribution in [0.5, 0.6) is 0 Å². The molecule has 4 rings (SSSR count). The molecule has 0 atom stereocenters. The van der Waals surface area contributed by atoms with Gasteiger partial charge in [0.25, 0.3) is 5.91 Å². The number of anilines is 2. The normalized spacial score (nSPS) is 14.9. The largest absolute Gasteiger partial charge is 0.442 e. The summed E-state index contributed by atoms with van der Waals surface area (Å²) < 4.78 is 20.7. The second-order valence-electron chi connectivity index (χ2n) is 7.29. The van der Waals surface area contributed by atoms with E-state index in [0.717, 1.165) is 12.8 Å². The van der Waals surface area contributed by atoms with Gasteiger partial charge in [0.2, 0.25) is 5.71 Å². The van der Waals surface area contributed by atoms with Crippen LogP contribution in [0.1, 0.15) is 41.6 Å². The molecule has 0 aliphatic heterocycles. The van der Waals surface area contributed by atoms with Gasteiger partial charge in [0.05, 0.1) is 39.5 Å². The van der Waals surface area contributed by atoms with Gasteiger partial charge >= 0.3 is 0 Å². The molecule has 28 heavy (non-hydrogen) atoms. The standard InChI is InChI=1S/C19H19FIN5O2/c1-10-12(20)5-6-13(24-10)26(21)18(27)14-11(2)28-17-15(14)16(22-9-23-17)25(4)19(3)7-8-19/h5-6,9H,7-8H2,1-4H3. The SMILES string of the molecule is Cc1nc(N(I)C(=O)c2c(C)oc3ncnc(N(C)C4(C)CC4)c23)ccc1F. The zero-order valence-corrected chi connectivity index (χ0v) is 18.1. The summed E-state index contributed by atoms with van der Waals surface area (Å²) in [5.41, 5.74) is 1.01. The molecule has 0 radical (unpaired) electrons. The van der Waals surface area contributed by atoms with E-state index in [1.165, 1.54) is 21.6 Å². The minimum atomic E-state index is -0.416. The van der Waals surface area contributed by atoms with E-state index in [0.29, 0.717) is 34.1 Å². The fourth-order valence-electron chi connectivity index (χ4n) is 3.16. The van der Waals surface area contributed by atoms with Crippen LogP contribution in [0.15, 0.2) is 22.9 Å². The first-order valence-corrected chi connectivity index (χ1v) is 9.81. The number of hydrogen-bond acceptors (Lipinski definition) is 6. The number of amides is 1. The van der Waals surface area contributed by atoms with Gasteiger partial charge in [-0.1, -0.05) is 0 Å². The molecule has 3 aromatic heterocycles. The third-order valence-corrected chi connectivity index (χ3v) is 6.28. The van der Waals surface area contributed by atoms with Gasteiger partial charge in [-0.25, -0.2) is 22.5 Å². The Labute approximate surface area is 175 Å². The number of aromatic nitrogens is 3. The zero-order valence-electron chi connectivity index (χ0n) is 16.0. The smallest absolute Gasteiger partial charge is 0.272 e. The second kappa shape index (κ2) is 6.64. The number of carbonyl (C=O) groups is 1. The first-order chi connectivity index (χ1) is 13.2. The number of aryl methyl sites for hydroxylation is 2. The molecule has 1 aliphatic carbocycles. The van der Waals surface area contributed by atoms with Crippen molar-refractivity contribution in [3.8, 4) is 0 Å². The fraction of sp³-hybridized carbons (Fsp3) is 0.368. The highest BCUT2D eigenvalue weighted by Gasteiger charge is 2.43. The maximum atomic E-state index is 13.6. The van der Waals surface area contributed by atoms with Crippen molar-refractivity contribution in [2.24, 2.45) is 0 Å². The monoisotopic (exact) mass is 495 g/mol. The summed E-state index contributed by atoms with van der Waals surface area (Å²) in [6.45, 7) is 5.44. The number of nitrogens with zero attached hydrogens (tertiary/aromatic N) is 5. The Morgan fingerprint density at radius 3 is 2.64 bits per heavy atom. The number of furan rings is 1.